The first-order valence-electron chi connectivity index (χ1n) is 10.4. The molecule has 3 aromatic rings. The summed E-state index contributed by atoms with van der Waals surface area (Å²) < 4.78 is 2.17. The molecule has 31 heavy (non-hydrogen) atoms. The molecule has 0 spiro atoms. The summed E-state index contributed by atoms with van der Waals surface area (Å²) in [5, 5.41) is 13.4. The summed E-state index contributed by atoms with van der Waals surface area (Å²) in [4.78, 5) is 18.1. The highest BCUT2D eigenvalue weighted by molar-refractivity contribution is 7.80. The van der Waals surface area contributed by atoms with Crippen molar-refractivity contribution in [2.24, 2.45) is 0 Å². The third-order valence-electron chi connectivity index (χ3n) is 5.82. The molecular formula is C24H26N4O2S. The second kappa shape index (κ2) is 8.51. The van der Waals surface area contributed by atoms with Crippen LogP contribution in [0.1, 0.15) is 58.4 Å². The first-order valence-corrected chi connectivity index (χ1v) is 10.8. The molecule has 6 nitrogen and oxygen atoms in total. The Hall–Kier alpha value is -3.19. The van der Waals surface area contributed by atoms with Crippen molar-refractivity contribution in [1.29, 1.82) is 0 Å². The van der Waals surface area contributed by atoms with Crippen LogP contribution in [0.2, 0.25) is 0 Å². The molecule has 0 amide bonds. The maximum atomic E-state index is 11.2. The molecule has 7 heteroatoms. The van der Waals surface area contributed by atoms with Gasteiger partial charge in [-0.05, 0) is 80.5 Å². The number of aromatic nitrogens is 2. The largest absolute Gasteiger partial charge is 0.478 e. The Labute approximate surface area is 187 Å². The molecule has 160 valence electrons. The highest BCUT2D eigenvalue weighted by Gasteiger charge is 2.40. The molecule has 0 unspecified atom stereocenters. The minimum Gasteiger partial charge on any atom is -0.478 e. The molecule has 0 radical (unpaired) electrons. The van der Waals surface area contributed by atoms with Crippen molar-refractivity contribution in [3.63, 3.8) is 0 Å². The van der Waals surface area contributed by atoms with Crippen LogP contribution in [-0.2, 0) is 0 Å². The summed E-state index contributed by atoms with van der Waals surface area (Å²) in [5.74, 6) is -0.924. The van der Waals surface area contributed by atoms with Gasteiger partial charge < -0.3 is 19.9 Å². The summed E-state index contributed by atoms with van der Waals surface area (Å²) in [6, 6.07) is 15.1. The standard InChI is InChI=1S/C24H26N4O2S/c1-4-13-27-22(21(26-24(27)31)20-7-5-6-12-25-20)19-14-15(2)28(16(19)3)18-10-8-17(9-11-18)23(29)30/h5-12,14,21-22H,4,13H2,1-3H3,(H,26,31)(H,29,30)/t21-,22-/m1/s1. The molecule has 2 aromatic heterocycles. The van der Waals surface area contributed by atoms with Crippen LogP contribution in [0.25, 0.3) is 5.69 Å². The van der Waals surface area contributed by atoms with Crippen molar-refractivity contribution in [3.8, 4) is 5.69 Å². The highest BCUT2D eigenvalue weighted by Crippen LogP contribution is 2.41. The first kappa shape index (κ1) is 21.1. The number of rotatable bonds is 6. The monoisotopic (exact) mass is 434 g/mol. The Morgan fingerprint density at radius 3 is 2.55 bits per heavy atom. The Kier molecular flexibility index (Phi) is 5.78. The number of carboxylic acid groups (broad SMARTS) is 1. The lowest BCUT2D eigenvalue weighted by Gasteiger charge is -2.27. The van der Waals surface area contributed by atoms with Crippen LogP contribution in [0, 0.1) is 13.8 Å². The number of carbonyl (C=O) groups is 1. The fourth-order valence-corrected chi connectivity index (χ4v) is 4.79. The van der Waals surface area contributed by atoms with Crippen LogP contribution in [0.4, 0.5) is 0 Å². The van der Waals surface area contributed by atoms with E-state index >= 15 is 0 Å². The topological polar surface area (TPSA) is 70.4 Å². The third-order valence-corrected chi connectivity index (χ3v) is 6.18. The normalized spacial score (nSPS) is 18.3. The molecule has 4 rings (SSSR count). The maximum absolute atomic E-state index is 11.2. The molecule has 0 saturated carbocycles. The number of carboxylic acids is 1. The van der Waals surface area contributed by atoms with Gasteiger partial charge in [0, 0.05) is 29.8 Å². The lowest BCUT2D eigenvalue weighted by Crippen LogP contribution is -2.30. The molecule has 1 saturated heterocycles. The molecule has 0 bridgehead atoms. The number of aryl methyl sites for hydroxylation is 1. The molecule has 1 aromatic carbocycles. The first-order chi connectivity index (χ1) is 14.9. The zero-order valence-corrected chi connectivity index (χ0v) is 18.7. The number of thiocarbonyl (C=S) groups is 1. The number of pyridine rings is 1. The van der Waals surface area contributed by atoms with Gasteiger partial charge in [0.15, 0.2) is 5.11 Å². The summed E-state index contributed by atoms with van der Waals surface area (Å²) in [5.41, 5.74) is 5.57. The van der Waals surface area contributed by atoms with E-state index in [-0.39, 0.29) is 17.6 Å². The molecule has 1 aliphatic rings. The van der Waals surface area contributed by atoms with E-state index < -0.39 is 5.97 Å². The molecular weight excluding hydrogens is 408 g/mol. The van der Waals surface area contributed by atoms with Gasteiger partial charge in [-0.2, -0.15) is 0 Å². The van der Waals surface area contributed by atoms with E-state index in [4.69, 9.17) is 12.2 Å². The number of benzene rings is 1. The van der Waals surface area contributed by atoms with Gasteiger partial charge in [-0.3, -0.25) is 4.98 Å². The van der Waals surface area contributed by atoms with E-state index in [1.807, 2.05) is 36.5 Å². The van der Waals surface area contributed by atoms with Gasteiger partial charge >= 0.3 is 5.97 Å². The van der Waals surface area contributed by atoms with Crippen molar-refractivity contribution in [3.05, 3.63) is 82.9 Å². The summed E-state index contributed by atoms with van der Waals surface area (Å²) in [7, 11) is 0. The van der Waals surface area contributed by atoms with E-state index in [0.29, 0.717) is 0 Å². The van der Waals surface area contributed by atoms with Gasteiger partial charge in [-0.25, -0.2) is 4.79 Å². The Balaban J connectivity index is 1.80. The second-order valence-corrected chi connectivity index (χ2v) is 8.22. The van der Waals surface area contributed by atoms with Crippen LogP contribution < -0.4 is 5.32 Å². The summed E-state index contributed by atoms with van der Waals surface area (Å²) in [6.07, 6.45) is 2.80. The smallest absolute Gasteiger partial charge is 0.335 e. The van der Waals surface area contributed by atoms with E-state index in [2.05, 4.69) is 46.6 Å². The van der Waals surface area contributed by atoms with E-state index in [9.17, 15) is 9.90 Å². The van der Waals surface area contributed by atoms with Crippen LogP contribution in [0.3, 0.4) is 0 Å². The van der Waals surface area contributed by atoms with Crippen molar-refractivity contribution < 1.29 is 9.90 Å². The number of hydrogen-bond donors (Lipinski definition) is 2. The number of nitrogens with one attached hydrogen (secondary N) is 1. The SMILES string of the molecule is CCCN1C(=S)N[C@H](c2ccccn2)[C@H]1c1cc(C)n(-c2ccc(C(=O)O)cc2)c1C. The van der Waals surface area contributed by atoms with Crippen molar-refractivity contribution in [1.82, 2.24) is 19.8 Å². The number of nitrogens with zero attached hydrogens (tertiary/aromatic N) is 3. The quantitative estimate of drug-likeness (QED) is 0.554. The molecule has 2 N–H and O–H groups in total. The third kappa shape index (κ3) is 3.81. The van der Waals surface area contributed by atoms with Crippen LogP contribution in [0.15, 0.2) is 54.7 Å². The maximum Gasteiger partial charge on any atom is 0.335 e. The van der Waals surface area contributed by atoms with Crippen molar-refractivity contribution >= 4 is 23.3 Å². The van der Waals surface area contributed by atoms with E-state index in [1.54, 1.807) is 12.1 Å². The molecule has 3 heterocycles. The Morgan fingerprint density at radius 1 is 1.19 bits per heavy atom. The van der Waals surface area contributed by atoms with Crippen LogP contribution >= 0.6 is 12.2 Å². The number of aromatic carboxylic acids is 1. The van der Waals surface area contributed by atoms with Gasteiger partial charge in [0.25, 0.3) is 0 Å². The lowest BCUT2D eigenvalue weighted by atomic mass is 9.96. The van der Waals surface area contributed by atoms with Gasteiger partial charge in [0.05, 0.1) is 23.3 Å². The summed E-state index contributed by atoms with van der Waals surface area (Å²) >= 11 is 5.70. The molecule has 0 aliphatic carbocycles. The lowest BCUT2D eigenvalue weighted by molar-refractivity contribution is 0.0697. The Bertz CT molecular complexity index is 1110. The number of hydrogen-bond acceptors (Lipinski definition) is 3. The van der Waals surface area contributed by atoms with Gasteiger partial charge in [0.2, 0.25) is 0 Å². The Morgan fingerprint density at radius 2 is 1.94 bits per heavy atom. The van der Waals surface area contributed by atoms with Crippen LogP contribution in [-0.4, -0.2) is 37.2 Å². The average Bonchev–Trinajstić information content (AvgIpc) is 3.24. The van der Waals surface area contributed by atoms with Crippen molar-refractivity contribution in [2.75, 3.05) is 6.54 Å². The minimum absolute atomic E-state index is 0.0283. The molecule has 2 atom stereocenters. The zero-order chi connectivity index (χ0) is 22.1. The predicted molar refractivity (Wildman–Crippen MR) is 125 cm³/mol. The van der Waals surface area contributed by atoms with Gasteiger partial charge in [-0.1, -0.05) is 13.0 Å². The fourth-order valence-electron chi connectivity index (χ4n) is 4.46. The minimum atomic E-state index is -0.924. The average molecular weight is 435 g/mol. The highest BCUT2D eigenvalue weighted by atomic mass is 32.1. The summed E-state index contributed by atoms with van der Waals surface area (Å²) in [6.45, 7) is 7.19. The van der Waals surface area contributed by atoms with Gasteiger partial charge in [-0.15, -0.1) is 0 Å². The second-order valence-electron chi connectivity index (χ2n) is 7.83. The van der Waals surface area contributed by atoms with Crippen molar-refractivity contribution in [2.45, 2.75) is 39.3 Å². The fraction of sp³-hybridized carbons (Fsp3) is 0.292. The molecule has 1 aliphatic heterocycles. The van der Waals surface area contributed by atoms with Crippen LogP contribution in [0.5, 0.6) is 0 Å². The van der Waals surface area contributed by atoms with Gasteiger partial charge in [0.1, 0.15) is 0 Å². The van der Waals surface area contributed by atoms with E-state index in [0.717, 1.165) is 40.8 Å². The van der Waals surface area contributed by atoms with E-state index in [1.165, 1.54) is 5.56 Å². The zero-order valence-electron chi connectivity index (χ0n) is 17.9. The predicted octanol–water partition coefficient (Wildman–Crippen LogP) is 4.57. The molecule has 1 fully saturated rings.